The third-order valence-electron chi connectivity index (χ3n) is 4.59. The molecule has 0 aliphatic rings. The Morgan fingerprint density at radius 2 is 1.52 bits per heavy atom. The Labute approximate surface area is 182 Å². The van der Waals surface area contributed by atoms with Crippen LogP contribution in [0.5, 0.6) is 11.5 Å². The third-order valence-corrected chi connectivity index (χ3v) is 4.59. The Morgan fingerprint density at radius 3 is 2.10 bits per heavy atom. The summed E-state index contributed by atoms with van der Waals surface area (Å²) in [5.74, 6) is -1.15. The van der Waals surface area contributed by atoms with Crippen LogP contribution in [0.4, 0.5) is 18.9 Å². The Hall–Kier alpha value is -3.21. The maximum Gasteiger partial charge on any atom is 0.167 e. The molecule has 0 aliphatic heterocycles. The molecule has 0 atom stereocenters. The summed E-state index contributed by atoms with van der Waals surface area (Å²) in [5, 5.41) is 2.74. The Morgan fingerprint density at radius 1 is 0.871 bits per heavy atom. The van der Waals surface area contributed by atoms with Crippen LogP contribution in [0.15, 0.2) is 61.2 Å². The molecular weight excluding hydrogens is 399 g/mol. The minimum Gasteiger partial charge on any atom is -0.454 e. The fourth-order valence-corrected chi connectivity index (χ4v) is 2.89. The van der Waals surface area contributed by atoms with Crippen molar-refractivity contribution in [3.05, 3.63) is 95.3 Å². The standard InChI is InChI=1S/C24H22F3NO.C2H6/c1-14(2)17-9-8-15(3)23(12-17)29-22-11-10-18(13-21(22)27)28-16(4)24-19(25)6-5-7-20(24)26;1-2/h5-14,28H,4H2,1-3H3;1-2H3. The van der Waals surface area contributed by atoms with Gasteiger partial charge < -0.3 is 10.1 Å². The van der Waals surface area contributed by atoms with E-state index in [0.29, 0.717) is 17.4 Å². The molecular formula is C26H28F3NO. The zero-order valence-corrected chi connectivity index (χ0v) is 18.5. The van der Waals surface area contributed by atoms with Gasteiger partial charge in [0.1, 0.15) is 17.4 Å². The zero-order chi connectivity index (χ0) is 23.1. The maximum absolute atomic E-state index is 14.6. The van der Waals surface area contributed by atoms with Gasteiger partial charge in [0.15, 0.2) is 11.6 Å². The number of nitrogens with one attached hydrogen (secondary N) is 1. The van der Waals surface area contributed by atoms with Gasteiger partial charge in [-0.1, -0.05) is 52.5 Å². The molecule has 0 spiro atoms. The minimum absolute atomic E-state index is 0.00542. The second-order valence-electron chi connectivity index (χ2n) is 7.13. The SMILES string of the molecule is C=C(Nc1ccc(Oc2cc(C(C)C)ccc2C)c(F)c1)c1c(F)cccc1F.CC. The van der Waals surface area contributed by atoms with Crippen LogP contribution in [-0.2, 0) is 0 Å². The number of halogens is 3. The van der Waals surface area contributed by atoms with Crippen molar-refractivity contribution >= 4 is 11.4 Å². The first-order valence-electron chi connectivity index (χ1n) is 10.2. The van der Waals surface area contributed by atoms with Gasteiger partial charge in [-0.3, -0.25) is 0 Å². The molecule has 0 unspecified atom stereocenters. The number of hydrogen-bond acceptors (Lipinski definition) is 2. The molecule has 0 amide bonds. The van der Waals surface area contributed by atoms with Crippen LogP contribution >= 0.6 is 0 Å². The van der Waals surface area contributed by atoms with Gasteiger partial charge >= 0.3 is 0 Å². The summed E-state index contributed by atoms with van der Waals surface area (Å²) in [4.78, 5) is 0. The number of benzene rings is 3. The van der Waals surface area contributed by atoms with Crippen LogP contribution in [0.25, 0.3) is 5.70 Å². The monoisotopic (exact) mass is 427 g/mol. The van der Waals surface area contributed by atoms with Crippen LogP contribution in [0.2, 0.25) is 0 Å². The van der Waals surface area contributed by atoms with Crippen molar-refractivity contribution in [3.8, 4) is 11.5 Å². The van der Waals surface area contributed by atoms with Gasteiger partial charge in [-0.2, -0.15) is 0 Å². The molecule has 2 nitrogen and oxygen atoms in total. The lowest BCUT2D eigenvalue weighted by atomic mass is 10.0. The lowest BCUT2D eigenvalue weighted by molar-refractivity contribution is 0.439. The molecule has 0 aromatic heterocycles. The van der Waals surface area contributed by atoms with Gasteiger partial charge in [0.2, 0.25) is 0 Å². The van der Waals surface area contributed by atoms with E-state index in [-0.39, 0.29) is 17.0 Å². The van der Waals surface area contributed by atoms with E-state index in [4.69, 9.17) is 4.74 Å². The number of ether oxygens (including phenoxy) is 1. The van der Waals surface area contributed by atoms with Crippen LogP contribution in [0, 0.1) is 24.4 Å². The largest absolute Gasteiger partial charge is 0.454 e. The molecule has 0 fully saturated rings. The van der Waals surface area contributed by atoms with Crippen LogP contribution in [0.1, 0.15) is 50.3 Å². The van der Waals surface area contributed by atoms with E-state index in [0.717, 1.165) is 23.3 Å². The lowest BCUT2D eigenvalue weighted by Crippen LogP contribution is -2.03. The number of rotatable bonds is 6. The average molecular weight is 428 g/mol. The fraction of sp³-hybridized carbons (Fsp3) is 0.231. The summed E-state index contributed by atoms with van der Waals surface area (Å²) >= 11 is 0. The lowest BCUT2D eigenvalue weighted by Gasteiger charge is -2.15. The highest BCUT2D eigenvalue weighted by atomic mass is 19.1. The molecule has 3 aromatic carbocycles. The maximum atomic E-state index is 14.6. The summed E-state index contributed by atoms with van der Waals surface area (Å²) in [6.45, 7) is 13.7. The molecule has 0 saturated heterocycles. The average Bonchev–Trinajstić information content (AvgIpc) is 2.72. The van der Waals surface area contributed by atoms with E-state index < -0.39 is 17.5 Å². The normalized spacial score (nSPS) is 10.4. The summed E-state index contributed by atoms with van der Waals surface area (Å²) in [5.41, 5.74) is 1.99. The highest BCUT2D eigenvalue weighted by Gasteiger charge is 2.14. The van der Waals surface area contributed by atoms with Gasteiger partial charge in [0.05, 0.1) is 5.56 Å². The number of hydrogen-bond donors (Lipinski definition) is 1. The minimum atomic E-state index is -0.747. The smallest absolute Gasteiger partial charge is 0.167 e. The highest BCUT2D eigenvalue weighted by Crippen LogP contribution is 2.32. The van der Waals surface area contributed by atoms with E-state index in [1.807, 2.05) is 39.0 Å². The molecule has 1 N–H and O–H groups in total. The Kier molecular flexibility index (Phi) is 8.31. The van der Waals surface area contributed by atoms with Gasteiger partial charge in [0, 0.05) is 17.5 Å². The van der Waals surface area contributed by atoms with Crippen molar-refractivity contribution in [1.82, 2.24) is 0 Å². The van der Waals surface area contributed by atoms with Crippen molar-refractivity contribution in [1.29, 1.82) is 0 Å². The fourth-order valence-electron chi connectivity index (χ4n) is 2.89. The number of anilines is 1. The third kappa shape index (κ3) is 5.91. The van der Waals surface area contributed by atoms with E-state index in [2.05, 4.69) is 25.7 Å². The van der Waals surface area contributed by atoms with Crippen molar-refractivity contribution in [2.24, 2.45) is 0 Å². The van der Waals surface area contributed by atoms with Gasteiger partial charge in [-0.05, 0) is 54.3 Å². The molecule has 0 radical (unpaired) electrons. The molecule has 0 saturated carbocycles. The van der Waals surface area contributed by atoms with E-state index in [1.165, 1.54) is 18.2 Å². The molecule has 3 aromatic rings. The van der Waals surface area contributed by atoms with Crippen LogP contribution in [-0.4, -0.2) is 0 Å². The van der Waals surface area contributed by atoms with Gasteiger partial charge in [0.25, 0.3) is 0 Å². The topological polar surface area (TPSA) is 21.3 Å². The molecule has 5 heteroatoms. The van der Waals surface area contributed by atoms with Crippen LogP contribution in [0.3, 0.4) is 0 Å². The summed E-state index contributed by atoms with van der Waals surface area (Å²) in [6, 6.07) is 13.6. The van der Waals surface area contributed by atoms with E-state index in [9.17, 15) is 13.2 Å². The predicted molar refractivity (Wildman–Crippen MR) is 122 cm³/mol. The van der Waals surface area contributed by atoms with Crippen molar-refractivity contribution < 1.29 is 17.9 Å². The molecule has 31 heavy (non-hydrogen) atoms. The molecule has 0 heterocycles. The van der Waals surface area contributed by atoms with E-state index in [1.54, 1.807) is 6.07 Å². The Balaban J connectivity index is 0.00000166. The molecule has 0 bridgehead atoms. The quantitative estimate of drug-likeness (QED) is 0.426. The molecule has 3 rings (SSSR count). The number of aryl methyl sites for hydroxylation is 1. The highest BCUT2D eigenvalue weighted by molar-refractivity contribution is 5.76. The first kappa shape index (κ1) is 24.1. The second kappa shape index (κ2) is 10.7. The first-order chi connectivity index (χ1) is 14.8. The van der Waals surface area contributed by atoms with E-state index >= 15 is 0 Å². The van der Waals surface area contributed by atoms with Gasteiger partial charge in [-0.25, -0.2) is 13.2 Å². The zero-order valence-electron chi connectivity index (χ0n) is 18.5. The molecule has 0 aliphatic carbocycles. The predicted octanol–water partition coefficient (Wildman–Crippen LogP) is 8.44. The van der Waals surface area contributed by atoms with Crippen molar-refractivity contribution in [2.45, 2.75) is 40.5 Å². The summed E-state index contributed by atoms with van der Waals surface area (Å²) in [6.07, 6.45) is 0. The Bertz CT molecular complexity index is 1040. The van der Waals surface area contributed by atoms with Crippen LogP contribution < -0.4 is 10.1 Å². The van der Waals surface area contributed by atoms with Gasteiger partial charge in [-0.15, -0.1) is 0 Å². The second-order valence-corrected chi connectivity index (χ2v) is 7.13. The molecule has 164 valence electrons. The summed E-state index contributed by atoms with van der Waals surface area (Å²) in [7, 11) is 0. The summed E-state index contributed by atoms with van der Waals surface area (Å²) < 4.78 is 48.1. The van der Waals surface area contributed by atoms with Crippen molar-refractivity contribution in [2.75, 3.05) is 5.32 Å². The van der Waals surface area contributed by atoms with Crippen molar-refractivity contribution in [3.63, 3.8) is 0 Å². The first-order valence-corrected chi connectivity index (χ1v) is 10.2.